The molecule has 2 aromatic rings. The molecule has 2 atom stereocenters. The fourth-order valence-corrected chi connectivity index (χ4v) is 5.41. The van der Waals surface area contributed by atoms with E-state index in [0.717, 1.165) is 13.1 Å². The molecule has 0 saturated carbocycles. The molecule has 2 aromatic carbocycles. The second-order valence-electron chi connectivity index (χ2n) is 8.14. The second kappa shape index (κ2) is 12.6. The summed E-state index contributed by atoms with van der Waals surface area (Å²) in [7, 11) is -3.87. The van der Waals surface area contributed by atoms with Gasteiger partial charge in [0.25, 0.3) is 0 Å². The quantitative estimate of drug-likeness (QED) is 0.419. The highest BCUT2D eigenvalue weighted by atomic mass is 35.5. The van der Waals surface area contributed by atoms with E-state index in [0.29, 0.717) is 38.0 Å². The van der Waals surface area contributed by atoms with E-state index in [-0.39, 0.29) is 38.1 Å². The first-order chi connectivity index (χ1) is 16.2. The number of hydrogen-bond donors (Lipinski definition) is 1. The van der Waals surface area contributed by atoms with E-state index in [2.05, 4.69) is 4.90 Å². The number of nitrogens with zero attached hydrogens (tertiary/aromatic N) is 1. The highest BCUT2D eigenvalue weighted by molar-refractivity contribution is 7.91. The van der Waals surface area contributed by atoms with Crippen molar-refractivity contribution in [2.24, 2.45) is 5.92 Å². The Balaban J connectivity index is 1.63. The third kappa shape index (κ3) is 7.37. The third-order valence-corrected chi connectivity index (χ3v) is 8.04. The Hall–Kier alpha value is -1.26. The number of rotatable bonds is 11. The Morgan fingerprint density at radius 2 is 1.65 bits per heavy atom. The standard InChI is InChI=1S/C23H28Cl3NO6S/c1-16(12-24)14-33-23-21(25)10-20(11-22(23)26)34(29,30)19-4-2-18(3-5-19)32-15-17(28)13-27-6-8-31-9-7-27/h2-5,10-11,16-17,28H,6-9,12-15H2,1H3/t16-,17+/m0/s1. The summed E-state index contributed by atoms with van der Waals surface area (Å²) in [5.41, 5.74) is 0. The highest BCUT2D eigenvalue weighted by Gasteiger charge is 2.22. The number of aliphatic hydroxyl groups is 1. The lowest BCUT2D eigenvalue weighted by atomic mass is 10.2. The lowest BCUT2D eigenvalue weighted by Gasteiger charge is -2.28. The van der Waals surface area contributed by atoms with Crippen LogP contribution in [0.25, 0.3) is 0 Å². The Kier molecular flexibility index (Phi) is 10.1. The van der Waals surface area contributed by atoms with Gasteiger partial charge < -0.3 is 19.3 Å². The molecule has 0 aromatic heterocycles. The number of hydrogen-bond acceptors (Lipinski definition) is 7. The largest absolute Gasteiger partial charge is 0.491 e. The Morgan fingerprint density at radius 1 is 1.03 bits per heavy atom. The lowest BCUT2D eigenvalue weighted by molar-refractivity contribution is 0.00465. The molecule has 34 heavy (non-hydrogen) atoms. The average molecular weight is 553 g/mol. The van der Waals surface area contributed by atoms with E-state index >= 15 is 0 Å². The van der Waals surface area contributed by atoms with Crippen molar-refractivity contribution < 1.29 is 27.7 Å². The topological polar surface area (TPSA) is 85.3 Å². The maximum absolute atomic E-state index is 13.1. The summed E-state index contributed by atoms with van der Waals surface area (Å²) in [4.78, 5) is 2.12. The molecule has 0 aliphatic carbocycles. The Morgan fingerprint density at radius 3 is 2.24 bits per heavy atom. The number of ether oxygens (including phenoxy) is 3. The number of morpholine rings is 1. The number of β-amino-alcohol motifs (C(OH)–C–C–N with tert-alkyl or cyclic N) is 1. The lowest BCUT2D eigenvalue weighted by Crippen LogP contribution is -2.42. The van der Waals surface area contributed by atoms with Crippen molar-refractivity contribution in [2.45, 2.75) is 22.8 Å². The first-order valence-electron chi connectivity index (χ1n) is 10.8. The van der Waals surface area contributed by atoms with Crippen molar-refractivity contribution in [1.29, 1.82) is 0 Å². The third-order valence-electron chi connectivity index (χ3n) is 5.21. The zero-order chi connectivity index (χ0) is 24.7. The predicted octanol–water partition coefficient (Wildman–Crippen LogP) is 4.15. The van der Waals surface area contributed by atoms with Gasteiger partial charge in [-0.25, -0.2) is 8.42 Å². The molecule has 1 saturated heterocycles. The summed E-state index contributed by atoms with van der Waals surface area (Å²) in [5.74, 6) is 1.17. The van der Waals surface area contributed by atoms with E-state index in [1.54, 1.807) is 12.1 Å². The molecule has 0 bridgehead atoms. The highest BCUT2D eigenvalue weighted by Crippen LogP contribution is 2.37. The summed E-state index contributed by atoms with van der Waals surface area (Å²) in [5, 5.41) is 10.4. The Bertz CT molecular complexity index is 1020. The van der Waals surface area contributed by atoms with Crippen LogP contribution in [0.2, 0.25) is 10.0 Å². The van der Waals surface area contributed by atoms with Crippen LogP contribution in [0.15, 0.2) is 46.2 Å². The van der Waals surface area contributed by atoms with Gasteiger partial charge in [0, 0.05) is 31.4 Å². The first kappa shape index (κ1) is 27.3. The van der Waals surface area contributed by atoms with Crippen LogP contribution in [0.4, 0.5) is 0 Å². The Labute approximate surface area is 215 Å². The minimum atomic E-state index is -3.87. The van der Waals surface area contributed by atoms with Crippen molar-refractivity contribution in [3.05, 3.63) is 46.4 Å². The fraction of sp³-hybridized carbons (Fsp3) is 0.478. The number of alkyl halides is 1. The SMILES string of the molecule is C[C@@H](CCl)COc1c(Cl)cc(S(=O)(=O)c2ccc(OC[C@H](O)CN3CCOCC3)cc2)cc1Cl. The van der Waals surface area contributed by atoms with Crippen LogP contribution >= 0.6 is 34.8 Å². The smallest absolute Gasteiger partial charge is 0.206 e. The number of benzene rings is 2. The summed E-state index contributed by atoms with van der Waals surface area (Å²) in [6, 6.07) is 8.59. The molecule has 0 spiro atoms. The van der Waals surface area contributed by atoms with E-state index in [9.17, 15) is 13.5 Å². The molecule has 1 aliphatic rings. The maximum atomic E-state index is 13.1. The molecule has 1 heterocycles. The fourth-order valence-electron chi connectivity index (χ4n) is 3.28. The zero-order valence-corrected chi connectivity index (χ0v) is 21.8. The van der Waals surface area contributed by atoms with Crippen LogP contribution in [-0.2, 0) is 14.6 Å². The van der Waals surface area contributed by atoms with Crippen LogP contribution in [0.3, 0.4) is 0 Å². The molecule has 188 valence electrons. The summed E-state index contributed by atoms with van der Waals surface area (Å²) in [6.07, 6.45) is -0.668. The normalized spacial score (nSPS) is 16.7. The van der Waals surface area contributed by atoms with Crippen molar-refractivity contribution in [3.8, 4) is 11.5 Å². The van der Waals surface area contributed by atoms with Crippen LogP contribution in [0.1, 0.15) is 6.92 Å². The van der Waals surface area contributed by atoms with Crippen LogP contribution in [0, 0.1) is 5.92 Å². The molecule has 1 N–H and O–H groups in total. The number of sulfone groups is 1. The minimum Gasteiger partial charge on any atom is -0.491 e. The molecular formula is C23H28Cl3NO6S. The molecule has 1 aliphatic heterocycles. The number of halogens is 3. The van der Waals surface area contributed by atoms with Gasteiger partial charge in [0.05, 0.1) is 39.7 Å². The van der Waals surface area contributed by atoms with Gasteiger partial charge in [-0.15, -0.1) is 11.6 Å². The summed E-state index contributed by atoms with van der Waals surface area (Å²) in [6.45, 7) is 5.66. The monoisotopic (exact) mass is 551 g/mol. The van der Waals surface area contributed by atoms with Crippen LogP contribution in [-0.4, -0.2) is 76.5 Å². The van der Waals surface area contributed by atoms with E-state index in [1.165, 1.54) is 24.3 Å². The molecule has 7 nitrogen and oxygen atoms in total. The predicted molar refractivity (Wildman–Crippen MR) is 132 cm³/mol. The van der Waals surface area contributed by atoms with Gasteiger partial charge in [-0.2, -0.15) is 0 Å². The zero-order valence-electron chi connectivity index (χ0n) is 18.8. The van der Waals surface area contributed by atoms with Crippen LogP contribution < -0.4 is 9.47 Å². The molecule has 11 heteroatoms. The van der Waals surface area contributed by atoms with Gasteiger partial charge in [0.1, 0.15) is 18.5 Å². The maximum Gasteiger partial charge on any atom is 0.206 e. The second-order valence-corrected chi connectivity index (χ2v) is 11.2. The van der Waals surface area contributed by atoms with Gasteiger partial charge in [-0.1, -0.05) is 30.1 Å². The van der Waals surface area contributed by atoms with Gasteiger partial charge in [0.2, 0.25) is 9.84 Å². The van der Waals surface area contributed by atoms with Crippen LogP contribution in [0.5, 0.6) is 11.5 Å². The summed E-state index contributed by atoms with van der Waals surface area (Å²) >= 11 is 18.3. The molecule has 3 rings (SSSR count). The van der Waals surface area contributed by atoms with Gasteiger partial charge in [-0.05, 0) is 36.4 Å². The minimum absolute atomic E-state index is 0.0464. The molecule has 1 fully saturated rings. The average Bonchev–Trinajstić information content (AvgIpc) is 2.82. The first-order valence-corrected chi connectivity index (χ1v) is 13.6. The molecular weight excluding hydrogens is 525 g/mol. The van der Waals surface area contributed by atoms with Gasteiger partial charge in [-0.3, -0.25) is 4.90 Å². The van der Waals surface area contributed by atoms with Gasteiger partial charge >= 0.3 is 0 Å². The van der Waals surface area contributed by atoms with E-state index < -0.39 is 15.9 Å². The number of aliphatic hydroxyl groups excluding tert-OH is 1. The summed E-state index contributed by atoms with van der Waals surface area (Å²) < 4.78 is 42.7. The van der Waals surface area contributed by atoms with Crippen molar-refractivity contribution in [2.75, 3.05) is 51.9 Å². The van der Waals surface area contributed by atoms with E-state index in [1.807, 2.05) is 6.92 Å². The van der Waals surface area contributed by atoms with E-state index in [4.69, 9.17) is 49.0 Å². The van der Waals surface area contributed by atoms with Crippen molar-refractivity contribution in [1.82, 2.24) is 4.90 Å². The molecule has 0 unspecified atom stereocenters. The van der Waals surface area contributed by atoms with Gasteiger partial charge in [0.15, 0.2) is 5.75 Å². The molecule has 0 amide bonds. The van der Waals surface area contributed by atoms with Crippen molar-refractivity contribution >= 4 is 44.6 Å². The van der Waals surface area contributed by atoms with Crippen molar-refractivity contribution in [3.63, 3.8) is 0 Å². The molecule has 0 radical (unpaired) electrons.